The first-order valence-electron chi connectivity index (χ1n) is 6.27. The van der Waals surface area contributed by atoms with Crippen LogP contribution in [0.1, 0.15) is 40.7 Å². The molecule has 7 nitrogen and oxygen atoms in total. The largest absolute Gasteiger partial charge is 0.477 e. The van der Waals surface area contributed by atoms with Crippen molar-refractivity contribution in [3.63, 3.8) is 0 Å². The molecule has 0 saturated heterocycles. The number of imidazole rings is 1. The van der Waals surface area contributed by atoms with Crippen molar-refractivity contribution in [3.8, 4) is 0 Å². The predicted octanol–water partition coefficient (Wildman–Crippen LogP) is 0.320. The van der Waals surface area contributed by atoms with E-state index in [1.165, 1.54) is 19.2 Å². The van der Waals surface area contributed by atoms with Crippen LogP contribution in [-0.4, -0.2) is 57.5 Å². The van der Waals surface area contributed by atoms with Gasteiger partial charge in [0.05, 0.1) is 6.33 Å². The van der Waals surface area contributed by atoms with Gasteiger partial charge in [-0.05, 0) is 26.8 Å². The van der Waals surface area contributed by atoms with E-state index in [1.807, 2.05) is 14.0 Å². The van der Waals surface area contributed by atoms with Gasteiger partial charge in [0.2, 0.25) is 0 Å². The monoisotopic (exact) mass is 266 g/mol. The Balaban J connectivity index is 1.90. The third kappa shape index (κ3) is 3.11. The van der Waals surface area contributed by atoms with Crippen LogP contribution in [0.4, 0.5) is 0 Å². The molecule has 0 aromatic carbocycles. The Morgan fingerprint density at radius 1 is 1.63 bits per heavy atom. The van der Waals surface area contributed by atoms with E-state index >= 15 is 0 Å². The van der Waals surface area contributed by atoms with Crippen LogP contribution in [0, 0.1) is 0 Å². The number of hydrogen-bond donors (Lipinski definition) is 3. The molecule has 3 N–H and O–H groups in total. The average molecular weight is 266 g/mol. The number of aromatic amines is 1. The number of carboxylic acid groups (broad SMARTS) is 1. The molecular formula is C12H18N4O3. The molecule has 19 heavy (non-hydrogen) atoms. The summed E-state index contributed by atoms with van der Waals surface area (Å²) in [5.74, 6) is -1.65. The molecule has 1 atom stereocenters. The second-order valence-corrected chi connectivity index (χ2v) is 4.89. The zero-order valence-electron chi connectivity index (χ0n) is 11.0. The molecule has 104 valence electrons. The second kappa shape index (κ2) is 5.40. The van der Waals surface area contributed by atoms with E-state index in [2.05, 4.69) is 20.2 Å². The van der Waals surface area contributed by atoms with Crippen molar-refractivity contribution in [1.82, 2.24) is 20.2 Å². The highest BCUT2D eigenvalue weighted by Crippen LogP contribution is 2.26. The van der Waals surface area contributed by atoms with Crippen LogP contribution in [0.2, 0.25) is 0 Å². The summed E-state index contributed by atoms with van der Waals surface area (Å²) >= 11 is 0. The SMILES string of the molecule is CC(CNC(=O)c1nc[nH]c1C(=O)O)N(C)C1CC1. The van der Waals surface area contributed by atoms with E-state index in [0.29, 0.717) is 12.6 Å². The number of carboxylic acids is 1. The third-order valence-electron chi connectivity index (χ3n) is 3.44. The van der Waals surface area contributed by atoms with Gasteiger partial charge >= 0.3 is 5.97 Å². The van der Waals surface area contributed by atoms with Crippen LogP contribution in [0.3, 0.4) is 0 Å². The summed E-state index contributed by atoms with van der Waals surface area (Å²) in [6.07, 6.45) is 3.62. The van der Waals surface area contributed by atoms with Gasteiger partial charge in [0.25, 0.3) is 5.91 Å². The molecular weight excluding hydrogens is 248 g/mol. The van der Waals surface area contributed by atoms with E-state index < -0.39 is 11.9 Å². The summed E-state index contributed by atoms with van der Waals surface area (Å²) in [7, 11) is 2.03. The Labute approximate surface area is 111 Å². The second-order valence-electron chi connectivity index (χ2n) is 4.89. The first-order valence-corrected chi connectivity index (χ1v) is 6.27. The summed E-state index contributed by atoms with van der Waals surface area (Å²) in [6, 6.07) is 0.829. The number of nitrogens with zero attached hydrogens (tertiary/aromatic N) is 2. The topological polar surface area (TPSA) is 98.3 Å². The Morgan fingerprint density at radius 3 is 2.89 bits per heavy atom. The summed E-state index contributed by atoms with van der Waals surface area (Å²) < 4.78 is 0. The molecule has 1 saturated carbocycles. The van der Waals surface area contributed by atoms with E-state index in [0.717, 1.165) is 0 Å². The van der Waals surface area contributed by atoms with Crippen LogP contribution in [0.5, 0.6) is 0 Å². The van der Waals surface area contributed by atoms with Crippen LogP contribution >= 0.6 is 0 Å². The third-order valence-corrected chi connectivity index (χ3v) is 3.44. The van der Waals surface area contributed by atoms with Gasteiger partial charge < -0.3 is 15.4 Å². The number of carbonyl (C=O) groups is 2. The summed E-state index contributed by atoms with van der Waals surface area (Å²) in [6.45, 7) is 2.50. The van der Waals surface area contributed by atoms with Gasteiger partial charge in [-0.15, -0.1) is 0 Å². The molecule has 7 heteroatoms. The predicted molar refractivity (Wildman–Crippen MR) is 68.1 cm³/mol. The van der Waals surface area contributed by atoms with Crippen LogP contribution < -0.4 is 5.32 Å². The lowest BCUT2D eigenvalue weighted by molar-refractivity contribution is 0.0684. The zero-order chi connectivity index (χ0) is 14.0. The van der Waals surface area contributed by atoms with E-state index in [4.69, 9.17) is 5.11 Å². The van der Waals surface area contributed by atoms with Gasteiger partial charge in [-0.25, -0.2) is 9.78 Å². The molecule has 1 amide bonds. The minimum atomic E-state index is -1.19. The number of amides is 1. The lowest BCUT2D eigenvalue weighted by Crippen LogP contribution is -2.41. The summed E-state index contributed by atoms with van der Waals surface area (Å²) in [4.78, 5) is 31.2. The average Bonchev–Trinajstić information content (AvgIpc) is 3.10. The van der Waals surface area contributed by atoms with Crippen molar-refractivity contribution in [1.29, 1.82) is 0 Å². The van der Waals surface area contributed by atoms with Gasteiger partial charge in [-0.3, -0.25) is 9.69 Å². The fourth-order valence-electron chi connectivity index (χ4n) is 1.94. The first kappa shape index (κ1) is 13.5. The van der Waals surface area contributed by atoms with Crippen molar-refractivity contribution in [2.24, 2.45) is 0 Å². The standard InChI is InChI=1S/C12H18N4O3/c1-7(16(2)8-3-4-8)5-13-11(17)9-10(12(18)19)15-6-14-9/h6-8H,3-5H2,1-2H3,(H,13,17)(H,14,15)(H,18,19). The number of H-pyrrole nitrogens is 1. The highest BCUT2D eigenvalue weighted by Gasteiger charge is 2.29. The van der Waals surface area contributed by atoms with Gasteiger partial charge in [-0.2, -0.15) is 0 Å². The molecule has 0 bridgehead atoms. The molecule has 1 aliphatic carbocycles. The molecule has 1 heterocycles. The maximum Gasteiger partial charge on any atom is 0.354 e. The maximum atomic E-state index is 11.9. The van der Waals surface area contributed by atoms with Gasteiger partial charge in [0.15, 0.2) is 11.4 Å². The molecule has 0 aliphatic heterocycles. The number of hydrogen-bond acceptors (Lipinski definition) is 4. The first-order chi connectivity index (χ1) is 9.00. The summed E-state index contributed by atoms with van der Waals surface area (Å²) in [5, 5.41) is 11.6. The van der Waals surface area contributed by atoms with Crippen LogP contribution in [0.25, 0.3) is 0 Å². The number of likely N-dealkylation sites (N-methyl/N-ethyl adjacent to an activating group) is 1. The van der Waals surface area contributed by atoms with E-state index in [1.54, 1.807) is 0 Å². The van der Waals surface area contributed by atoms with Gasteiger partial charge in [-0.1, -0.05) is 0 Å². The van der Waals surface area contributed by atoms with Crippen molar-refractivity contribution >= 4 is 11.9 Å². The fourth-order valence-corrected chi connectivity index (χ4v) is 1.94. The van der Waals surface area contributed by atoms with Gasteiger partial charge in [0, 0.05) is 18.6 Å². The number of aromatic nitrogens is 2. The van der Waals surface area contributed by atoms with Crippen molar-refractivity contribution in [2.75, 3.05) is 13.6 Å². The molecule has 1 unspecified atom stereocenters. The van der Waals surface area contributed by atoms with Crippen molar-refractivity contribution in [2.45, 2.75) is 31.8 Å². The van der Waals surface area contributed by atoms with E-state index in [-0.39, 0.29) is 17.4 Å². The Hall–Kier alpha value is -1.89. The van der Waals surface area contributed by atoms with E-state index in [9.17, 15) is 9.59 Å². The Morgan fingerprint density at radius 2 is 2.32 bits per heavy atom. The molecule has 0 spiro atoms. The van der Waals surface area contributed by atoms with Crippen molar-refractivity contribution in [3.05, 3.63) is 17.7 Å². The number of nitrogens with one attached hydrogen (secondary N) is 2. The number of aromatic carboxylic acids is 1. The molecule has 1 fully saturated rings. The zero-order valence-corrected chi connectivity index (χ0v) is 11.0. The Kier molecular flexibility index (Phi) is 3.84. The number of carbonyl (C=O) groups excluding carboxylic acids is 1. The lowest BCUT2D eigenvalue weighted by atomic mass is 10.2. The van der Waals surface area contributed by atoms with Crippen LogP contribution in [-0.2, 0) is 0 Å². The molecule has 2 rings (SSSR count). The van der Waals surface area contributed by atoms with Crippen LogP contribution in [0.15, 0.2) is 6.33 Å². The Bertz CT molecular complexity index is 481. The lowest BCUT2D eigenvalue weighted by Gasteiger charge is -2.24. The highest BCUT2D eigenvalue weighted by atomic mass is 16.4. The summed E-state index contributed by atoms with van der Waals surface area (Å²) in [5.41, 5.74) is -0.255. The quantitative estimate of drug-likeness (QED) is 0.689. The normalized spacial score (nSPS) is 16.4. The molecule has 1 aliphatic rings. The fraction of sp³-hybridized carbons (Fsp3) is 0.583. The maximum absolute atomic E-state index is 11.9. The molecule has 0 radical (unpaired) electrons. The smallest absolute Gasteiger partial charge is 0.354 e. The number of rotatable bonds is 6. The minimum Gasteiger partial charge on any atom is -0.477 e. The molecule has 1 aromatic heterocycles. The van der Waals surface area contributed by atoms with Gasteiger partial charge in [0.1, 0.15) is 0 Å². The highest BCUT2D eigenvalue weighted by molar-refractivity contribution is 6.02. The molecule has 1 aromatic rings. The minimum absolute atomic E-state index is 0.0752. The van der Waals surface area contributed by atoms with Crippen molar-refractivity contribution < 1.29 is 14.7 Å².